The summed E-state index contributed by atoms with van der Waals surface area (Å²) in [5.41, 5.74) is 0.505. The third-order valence-corrected chi connectivity index (χ3v) is 2.95. The van der Waals surface area contributed by atoms with E-state index in [1.54, 1.807) is 23.1 Å². The van der Waals surface area contributed by atoms with E-state index in [4.69, 9.17) is 11.6 Å². The van der Waals surface area contributed by atoms with Crippen molar-refractivity contribution in [2.75, 3.05) is 6.54 Å². The Morgan fingerprint density at radius 1 is 1.42 bits per heavy atom. The maximum atomic E-state index is 13.7. The first-order valence-corrected chi connectivity index (χ1v) is 6.60. The molecule has 2 aromatic rings. The van der Waals surface area contributed by atoms with Crippen molar-refractivity contribution >= 4 is 11.6 Å². The van der Waals surface area contributed by atoms with Gasteiger partial charge >= 0.3 is 0 Å². The van der Waals surface area contributed by atoms with Crippen molar-refractivity contribution in [2.45, 2.75) is 26.4 Å². The highest BCUT2D eigenvalue weighted by molar-refractivity contribution is 6.30. The molecule has 6 heteroatoms. The summed E-state index contributed by atoms with van der Waals surface area (Å²) < 4.78 is 15.3. The molecular weight excluding hydrogens is 267 g/mol. The Hall–Kier alpha value is -1.46. The molecule has 19 heavy (non-hydrogen) atoms. The molecule has 0 saturated carbocycles. The van der Waals surface area contributed by atoms with Crippen molar-refractivity contribution in [1.29, 1.82) is 0 Å². The van der Waals surface area contributed by atoms with Gasteiger partial charge in [-0.25, -0.2) is 14.1 Å². The molecule has 1 heterocycles. The number of nitrogens with zero attached hydrogens (tertiary/aromatic N) is 3. The molecule has 0 spiro atoms. The van der Waals surface area contributed by atoms with E-state index >= 15 is 0 Å². The number of hydrogen-bond donors (Lipinski definition) is 1. The molecule has 0 radical (unpaired) electrons. The minimum Gasteiger partial charge on any atom is -0.310 e. The molecule has 1 aromatic heterocycles. The molecule has 0 atom stereocenters. The summed E-state index contributed by atoms with van der Waals surface area (Å²) in [5.74, 6) is 0.307. The number of nitrogens with one attached hydrogen (secondary N) is 1. The summed E-state index contributed by atoms with van der Waals surface area (Å²) in [6.07, 6.45) is 2.66. The zero-order valence-electron chi connectivity index (χ0n) is 10.7. The molecule has 102 valence electrons. The van der Waals surface area contributed by atoms with Crippen LogP contribution in [0.4, 0.5) is 4.39 Å². The smallest absolute Gasteiger partial charge is 0.164 e. The minimum atomic E-state index is -0.398. The van der Waals surface area contributed by atoms with Crippen LogP contribution in [0.5, 0.6) is 0 Å². The second kappa shape index (κ2) is 6.63. The summed E-state index contributed by atoms with van der Waals surface area (Å²) in [6, 6.07) is 4.95. The largest absolute Gasteiger partial charge is 0.310 e. The lowest BCUT2D eigenvalue weighted by Gasteiger charge is -2.04. The van der Waals surface area contributed by atoms with Gasteiger partial charge in [0.05, 0.1) is 18.1 Å². The van der Waals surface area contributed by atoms with Crippen LogP contribution in [0.25, 0.3) is 0 Å². The van der Waals surface area contributed by atoms with Gasteiger partial charge in [0.1, 0.15) is 12.1 Å². The molecule has 0 aliphatic heterocycles. The van der Waals surface area contributed by atoms with Gasteiger partial charge in [-0.3, -0.25) is 0 Å². The van der Waals surface area contributed by atoms with Crippen LogP contribution in [0.15, 0.2) is 24.5 Å². The first-order valence-electron chi connectivity index (χ1n) is 6.22. The van der Waals surface area contributed by atoms with Crippen LogP contribution in [-0.4, -0.2) is 21.3 Å². The van der Waals surface area contributed by atoms with Crippen molar-refractivity contribution in [3.63, 3.8) is 0 Å². The van der Waals surface area contributed by atoms with E-state index in [1.807, 2.05) is 0 Å². The maximum Gasteiger partial charge on any atom is 0.164 e. The van der Waals surface area contributed by atoms with Crippen LogP contribution in [0.2, 0.25) is 5.02 Å². The predicted molar refractivity (Wildman–Crippen MR) is 72.5 cm³/mol. The van der Waals surface area contributed by atoms with Crippen molar-refractivity contribution < 1.29 is 4.39 Å². The summed E-state index contributed by atoms with van der Waals surface area (Å²) in [5, 5.41) is 7.62. The number of benzene rings is 1. The highest BCUT2D eigenvalue weighted by Crippen LogP contribution is 2.18. The standard InChI is InChI=1S/C13H16ClFN4/c1-2-6-16-7-12-17-9-19(18-12)8-10-4-3-5-11(14)13(10)15/h3-5,9,16H,2,6-8H2,1H3. The third kappa shape index (κ3) is 3.75. The summed E-state index contributed by atoms with van der Waals surface area (Å²) in [4.78, 5) is 4.17. The van der Waals surface area contributed by atoms with Crippen LogP contribution in [0.1, 0.15) is 24.7 Å². The van der Waals surface area contributed by atoms with Gasteiger partial charge in [0.2, 0.25) is 0 Å². The van der Waals surface area contributed by atoms with Gasteiger partial charge in [-0.1, -0.05) is 30.7 Å². The number of hydrogen-bond acceptors (Lipinski definition) is 3. The van der Waals surface area contributed by atoms with E-state index in [0.29, 0.717) is 24.5 Å². The maximum absolute atomic E-state index is 13.7. The van der Waals surface area contributed by atoms with E-state index < -0.39 is 5.82 Å². The molecule has 2 rings (SSSR count). The van der Waals surface area contributed by atoms with Crippen molar-refractivity contribution in [2.24, 2.45) is 0 Å². The highest BCUT2D eigenvalue weighted by atomic mass is 35.5. The van der Waals surface area contributed by atoms with Crippen molar-refractivity contribution in [3.8, 4) is 0 Å². The second-order valence-electron chi connectivity index (χ2n) is 4.25. The Balaban J connectivity index is 2.01. The molecule has 0 aliphatic carbocycles. The molecule has 4 nitrogen and oxygen atoms in total. The Bertz CT molecular complexity index is 541. The summed E-state index contributed by atoms with van der Waals surface area (Å²) >= 11 is 5.74. The SMILES string of the molecule is CCCNCc1ncn(Cc2cccc(Cl)c2F)n1. The number of halogens is 2. The molecule has 1 N–H and O–H groups in total. The fraction of sp³-hybridized carbons (Fsp3) is 0.385. The van der Waals surface area contributed by atoms with Gasteiger partial charge in [-0.05, 0) is 19.0 Å². The molecule has 1 aromatic carbocycles. The van der Waals surface area contributed by atoms with E-state index in [0.717, 1.165) is 13.0 Å². The number of rotatable bonds is 6. The van der Waals surface area contributed by atoms with Crippen LogP contribution in [-0.2, 0) is 13.1 Å². The molecule has 0 amide bonds. The third-order valence-electron chi connectivity index (χ3n) is 2.66. The van der Waals surface area contributed by atoms with Crippen LogP contribution in [0.3, 0.4) is 0 Å². The second-order valence-corrected chi connectivity index (χ2v) is 4.66. The van der Waals surface area contributed by atoms with Gasteiger partial charge in [0.15, 0.2) is 5.82 Å². The predicted octanol–water partition coefficient (Wildman–Crippen LogP) is 2.62. The van der Waals surface area contributed by atoms with Gasteiger partial charge in [-0.2, -0.15) is 5.10 Å². The normalized spacial score (nSPS) is 10.9. The Morgan fingerprint density at radius 3 is 3.05 bits per heavy atom. The monoisotopic (exact) mass is 282 g/mol. The van der Waals surface area contributed by atoms with Crippen molar-refractivity contribution in [1.82, 2.24) is 20.1 Å². The lowest BCUT2D eigenvalue weighted by atomic mass is 10.2. The highest BCUT2D eigenvalue weighted by Gasteiger charge is 2.08. The molecule has 0 bridgehead atoms. The van der Waals surface area contributed by atoms with E-state index in [-0.39, 0.29) is 5.02 Å². The first kappa shape index (κ1) is 14.0. The Morgan fingerprint density at radius 2 is 2.26 bits per heavy atom. The van der Waals surface area contributed by atoms with Crippen LogP contribution in [0, 0.1) is 5.82 Å². The van der Waals surface area contributed by atoms with Gasteiger partial charge in [0, 0.05) is 5.56 Å². The van der Waals surface area contributed by atoms with Gasteiger partial charge in [0.25, 0.3) is 0 Å². The minimum absolute atomic E-state index is 0.127. The molecule has 0 unspecified atom stereocenters. The van der Waals surface area contributed by atoms with E-state index in [2.05, 4.69) is 22.3 Å². The van der Waals surface area contributed by atoms with Crippen LogP contribution >= 0.6 is 11.6 Å². The zero-order chi connectivity index (χ0) is 13.7. The van der Waals surface area contributed by atoms with Gasteiger partial charge in [-0.15, -0.1) is 0 Å². The van der Waals surface area contributed by atoms with E-state index in [1.165, 1.54) is 6.07 Å². The summed E-state index contributed by atoms with van der Waals surface area (Å²) in [6.45, 7) is 3.98. The fourth-order valence-corrected chi connectivity index (χ4v) is 1.91. The van der Waals surface area contributed by atoms with Crippen LogP contribution < -0.4 is 5.32 Å². The quantitative estimate of drug-likeness (QED) is 0.828. The molecule has 0 aliphatic rings. The lowest BCUT2D eigenvalue weighted by Crippen LogP contribution is -2.15. The average Bonchev–Trinajstić information content (AvgIpc) is 2.83. The fourth-order valence-electron chi connectivity index (χ4n) is 1.71. The summed E-state index contributed by atoms with van der Waals surface area (Å²) in [7, 11) is 0. The molecule has 0 fully saturated rings. The van der Waals surface area contributed by atoms with Crippen molar-refractivity contribution in [3.05, 3.63) is 46.8 Å². The first-order chi connectivity index (χ1) is 9.20. The Labute approximate surface area is 116 Å². The molecular formula is C13H16ClFN4. The molecule has 0 saturated heterocycles. The zero-order valence-corrected chi connectivity index (χ0v) is 11.5. The van der Waals surface area contributed by atoms with E-state index in [9.17, 15) is 4.39 Å². The lowest BCUT2D eigenvalue weighted by molar-refractivity contribution is 0.578. The Kier molecular flexibility index (Phi) is 4.87. The average molecular weight is 283 g/mol. The number of aromatic nitrogens is 3. The topological polar surface area (TPSA) is 42.7 Å². The van der Waals surface area contributed by atoms with Gasteiger partial charge < -0.3 is 5.32 Å².